The molecule has 1 N–H and O–H groups in total. The van der Waals surface area contributed by atoms with Gasteiger partial charge in [0.05, 0.1) is 9.92 Å². The van der Waals surface area contributed by atoms with Crippen molar-refractivity contribution in [3.63, 3.8) is 0 Å². The first-order chi connectivity index (χ1) is 10.1. The van der Waals surface area contributed by atoms with Gasteiger partial charge < -0.3 is 10.1 Å². The van der Waals surface area contributed by atoms with Crippen molar-refractivity contribution in [3.8, 4) is 5.75 Å². The van der Waals surface area contributed by atoms with E-state index in [4.69, 9.17) is 16.3 Å². The standard InChI is InChI=1S/C14H21ClN2O4S/c1-10(2)8-16-14(18)9-21-13-6-5-11(7-12(13)15)22(19,20)17(3)4/h5-7,10H,8-9H2,1-4H3,(H,16,18). The Bertz CT molecular complexity index is 630. The molecule has 8 heteroatoms. The summed E-state index contributed by atoms with van der Waals surface area (Å²) in [5.74, 6) is 0.358. The molecule has 0 saturated heterocycles. The zero-order chi connectivity index (χ0) is 16.9. The van der Waals surface area contributed by atoms with Crippen LogP contribution in [0, 0.1) is 5.92 Å². The van der Waals surface area contributed by atoms with Crippen LogP contribution in [0.2, 0.25) is 5.02 Å². The van der Waals surface area contributed by atoms with E-state index < -0.39 is 10.0 Å². The lowest BCUT2D eigenvalue weighted by atomic mass is 10.2. The van der Waals surface area contributed by atoms with E-state index >= 15 is 0 Å². The maximum atomic E-state index is 12.0. The molecule has 6 nitrogen and oxygen atoms in total. The third kappa shape index (κ3) is 5.15. The average Bonchev–Trinajstić information content (AvgIpc) is 2.43. The van der Waals surface area contributed by atoms with Crippen molar-refractivity contribution in [2.45, 2.75) is 18.7 Å². The lowest BCUT2D eigenvalue weighted by molar-refractivity contribution is -0.123. The van der Waals surface area contributed by atoms with Crippen LogP contribution in [0.3, 0.4) is 0 Å². The number of hydrogen-bond acceptors (Lipinski definition) is 4. The van der Waals surface area contributed by atoms with Crippen molar-refractivity contribution in [3.05, 3.63) is 23.2 Å². The van der Waals surface area contributed by atoms with Crippen LogP contribution in [0.1, 0.15) is 13.8 Å². The number of rotatable bonds is 7. The second-order valence-electron chi connectivity index (χ2n) is 5.37. The monoisotopic (exact) mass is 348 g/mol. The molecule has 0 heterocycles. The van der Waals surface area contributed by atoms with Crippen molar-refractivity contribution >= 4 is 27.5 Å². The van der Waals surface area contributed by atoms with E-state index in [0.717, 1.165) is 4.31 Å². The first-order valence-corrected chi connectivity index (χ1v) is 8.58. The summed E-state index contributed by atoms with van der Waals surface area (Å²) in [6.45, 7) is 4.37. The average molecular weight is 349 g/mol. The van der Waals surface area contributed by atoms with Gasteiger partial charge in [-0.3, -0.25) is 4.79 Å². The first kappa shape index (κ1) is 18.7. The third-order valence-corrected chi connectivity index (χ3v) is 4.85. The number of hydrogen-bond donors (Lipinski definition) is 1. The summed E-state index contributed by atoms with van der Waals surface area (Å²) in [5, 5.41) is 2.85. The number of nitrogens with one attached hydrogen (secondary N) is 1. The van der Waals surface area contributed by atoms with Gasteiger partial charge in [-0.05, 0) is 24.1 Å². The fraction of sp³-hybridized carbons (Fsp3) is 0.500. The smallest absolute Gasteiger partial charge is 0.257 e. The summed E-state index contributed by atoms with van der Waals surface area (Å²) < 4.78 is 30.3. The van der Waals surface area contributed by atoms with Crippen molar-refractivity contribution in [1.82, 2.24) is 9.62 Å². The molecular weight excluding hydrogens is 328 g/mol. The Labute approximate surface area is 136 Å². The Morgan fingerprint density at radius 1 is 1.36 bits per heavy atom. The predicted octanol–water partition coefficient (Wildman–Crippen LogP) is 1.74. The normalized spacial score (nSPS) is 11.8. The van der Waals surface area contributed by atoms with Crippen molar-refractivity contribution < 1.29 is 17.9 Å². The molecule has 0 saturated carbocycles. The second kappa shape index (κ2) is 7.80. The Hall–Kier alpha value is -1.31. The summed E-state index contributed by atoms with van der Waals surface area (Å²) in [5.41, 5.74) is 0. The van der Waals surface area contributed by atoms with Gasteiger partial charge in [-0.2, -0.15) is 0 Å². The van der Waals surface area contributed by atoms with Gasteiger partial charge in [0.15, 0.2) is 6.61 Å². The maximum absolute atomic E-state index is 12.0. The molecule has 0 fully saturated rings. The van der Waals surface area contributed by atoms with Gasteiger partial charge in [0.1, 0.15) is 5.75 Å². The minimum absolute atomic E-state index is 0.0686. The topological polar surface area (TPSA) is 75.7 Å². The zero-order valence-electron chi connectivity index (χ0n) is 13.1. The van der Waals surface area contributed by atoms with Crippen LogP contribution in [0.5, 0.6) is 5.75 Å². The van der Waals surface area contributed by atoms with Crippen LogP contribution < -0.4 is 10.1 Å². The van der Waals surface area contributed by atoms with Gasteiger partial charge in [-0.1, -0.05) is 25.4 Å². The van der Waals surface area contributed by atoms with E-state index in [1.807, 2.05) is 13.8 Å². The number of benzene rings is 1. The van der Waals surface area contributed by atoms with E-state index in [9.17, 15) is 13.2 Å². The second-order valence-corrected chi connectivity index (χ2v) is 7.93. The Balaban J connectivity index is 2.73. The largest absolute Gasteiger partial charge is 0.482 e. The number of carbonyl (C=O) groups is 1. The first-order valence-electron chi connectivity index (χ1n) is 6.76. The molecule has 0 aromatic heterocycles. The lowest BCUT2D eigenvalue weighted by Gasteiger charge is -2.13. The molecule has 0 aliphatic heterocycles. The summed E-state index contributed by atoms with van der Waals surface area (Å²) in [7, 11) is -0.677. The molecule has 0 radical (unpaired) electrons. The highest BCUT2D eigenvalue weighted by molar-refractivity contribution is 7.89. The number of amides is 1. The summed E-state index contributed by atoms with van der Waals surface area (Å²) in [6, 6.07) is 4.13. The molecule has 1 rings (SSSR count). The molecule has 1 aromatic carbocycles. The lowest BCUT2D eigenvalue weighted by Crippen LogP contribution is -2.31. The number of nitrogens with zero attached hydrogens (tertiary/aromatic N) is 1. The van der Waals surface area contributed by atoms with Gasteiger partial charge in [0.2, 0.25) is 10.0 Å². The van der Waals surface area contributed by atoms with Gasteiger partial charge >= 0.3 is 0 Å². The maximum Gasteiger partial charge on any atom is 0.257 e. The predicted molar refractivity (Wildman–Crippen MR) is 85.7 cm³/mol. The van der Waals surface area contributed by atoms with Crippen molar-refractivity contribution in [1.29, 1.82) is 0 Å². The van der Waals surface area contributed by atoms with Crippen LogP contribution in [0.15, 0.2) is 23.1 Å². The molecular formula is C14H21ClN2O4S. The molecule has 1 aromatic rings. The Kier molecular flexibility index (Phi) is 6.65. The van der Waals surface area contributed by atoms with E-state index in [-0.39, 0.29) is 28.2 Å². The molecule has 0 unspecified atom stereocenters. The number of carbonyl (C=O) groups excluding carboxylic acids is 1. The summed E-state index contributed by atoms with van der Waals surface area (Å²) in [6.07, 6.45) is 0. The molecule has 0 atom stereocenters. The van der Waals surface area contributed by atoms with Crippen LogP contribution in [0.25, 0.3) is 0 Å². The fourth-order valence-corrected chi connectivity index (χ4v) is 2.71. The van der Waals surface area contributed by atoms with Gasteiger partial charge in [0.25, 0.3) is 5.91 Å². The highest BCUT2D eigenvalue weighted by atomic mass is 35.5. The van der Waals surface area contributed by atoms with Gasteiger partial charge in [0, 0.05) is 20.6 Å². The molecule has 0 bridgehead atoms. The molecule has 1 amide bonds. The zero-order valence-corrected chi connectivity index (χ0v) is 14.7. The van der Waals surface area contributed by atoms with Crippen LogP contribution in [0.4, 0.5) is 0 Å². The molecule has 124 valence electrons. The highest BCUT2D eigenvalue weighted by Gasteiger charge is 2.18. The number of halogens is 1. The van der Waals surface area contributed by atoms with Crippen LogP contribution >= 0.6 is 11.6 Å². The Morgan fingerprint density at radius 2 is 2.00 bits per heavy atom. The number of sulfonamides is 1. The summed E-state index contributed by atoms with van der Waals surface area (Å²) >= 11 is 6.01. The van der Waals surface area contributed by atoms with Crippen molar-refractivity contribution in [2.24, 2.45) is 5.92 Å². The molecule has 0 aliphatic carbocycles. The molecule has 0 spiro atoms. The fourth-order valence-electron chi connectivity index (χ4n) is 1.48. The van der Waals surface area contributed by atoms with Gasteiger partial charge in [-0.25, -0.2) is 12.7 Å². The third-order valence-electron chi connectivity index (χ3n) is 2.75. The summed E-state index contributed by atoms with van der Waals surface area (Å²) in [4.78, 5) is 11.6. The highest BCUT2D eigenvalue weighted by Crippen LogP contribution is 2.28. The minimum atomic E-state index is -3.55. The molecule has 0 aliphatic rings. The minimum Gasteiger partial charge on any atom is -0.482 e. The quantitative estimate of drug-likeness (QED) is 0.814. The Morgan fingerprint density at radius 3 is 2.50 bits per heavy atom. The van der Waals surface area contributed by atoms with Crippen molar-refractivity contribution in [2.75, 3.05) is 27.2 Å². The SMILES string of the molecule is CC(C)CNC(=O)COc1ccc(S(=O)(=O)N(C)C)cc1Cl. The van der Waals surface area contributed by atoms with E-state index in [1.165, 1.54) is 32.3 Å². The van der Waals surface area contributed by atoms with E-state index in [2.05, 4.69) is 5.32 Å². The van der Waals surface area contributed by atoms with Crippen LogP contribution in [-0.2, 0) is 14.8 Å². The van der Waals surface area contributed by atoms with E-state index in [0.29, 0.717) is 12.5 Å². The molecule has 22 heavy (non-hydrogen) atoms. The number of ether oxygens (including phenoxy) is 1. The van der Waals surface area contributed by atoms with Gasteiger partial charge in [-0.15, -0.1) is 0 Å². The van der Waals surface area contributed by atoms with Crippen LogP contribution in [-0.4, -0.2) is 45.9 Å². The van der Waals surface area contributed by atoms with E-state index in [1.54, 1.807) is 0 Å².